The lowest BCUT2D eigenvalue weighted by Gasteiger charge is -2.32. The molecule has 6 heteroatoms. The average Bonchev–Trinajstić information content (AvgIpc) is 2.87. The minimum atomic E-state index is -0.293. The Morgan fingerprint density at radius 3 is 2.88 bits per heavy atom. The molecule has 1 saturated heterocycles. The molecule has 1 fully saturated rings. The summed E-state index contributed by atoms with van der Waals surface area (Å²) in [5, 5.41) is 13.3. The average molecular weight is 327 g/mol. The van der Waals surface area contributed by atoms with E-state index in [0.717, 1.165) is 44.1 Å². The second kappa shape index (κ2) is 7.10. The third-order valence-electron chi connectivity index (χ3n) is 4.57. The zero-order valence-corrected chi connectivity index (χ0v) is 14.2. The molecule has 2 heterocycles. The summed E-state index contributed by atoms with van der Waals surface area (Å²) >= 11 is 0. The SMILES string of the molecule is Cc1nc(C)n(C[C@H]2CCCN(Cc3ccc(C#N)cc3F)C2)n1. The molecule has 1 aromatic heterocycles. The van der Waals surface area contributed by atoms with Crippen molar-refractivity contribution in [3.63, 3.8) is 0 Å². The summed E-state index contributed by atoms with van der Waals surface area (Å²) in [7, 11) is 0. The van der Waals surface area contributed by atoms with Gasteiger partial charge < -0.3 is 0 Å². The number of nitrogens with zero attached hydrogens (tertiary/aromatic N) is 5. The number of hydrogen-bond acceptors (Lipinski definition) is 4. The van der Waals surface area contributed by atoms with Crippen LogP contribution in [-0.2, 0) is 13.1 Å². The Hall–Kier alpha value is -2.26. The molecule has 0 amide bonds. The van der Waals surface area contributed by atoms with E-state index in [9.17, 15) is 4.39 Å². The van der Waals surface area contributed by atoms with E-state index in [-0.39, 0.29) is 5.82 Å². The lowest BCUT2D eigenvalue weighted by atomic mass is 9.97. The molecule has 24 heavy (non-hydrogen) atoms. The third kappa shape index (κ3) is 3.80. The summed E-state index contributed by atoms with van der Waals surface area (Å²) in [6.07, 6.45) is 2.26. The Kier molecular flexibility index (Phi) is 4.91. The van der Waals surface area contributed by atoms with Gasteiger partial charge in [-0.25, -0.2) is 14.1 Å². The molecule has 126 valence electrons. The molecule has 5 nitrogen and oxygen atoms in total. The Morgan fingerprint density at radius 2 is 2.21 bits per heavy atom. The molecule has 2 aromatic rings. The van der Waals surface area contributed by atoms with Crippen LogP contribution in [0, 0.1) is 36.9 Å². The van der Waals surface area contributed by atoms with Gasteiger partial charge in [0.1, 0.15) is 17.5 Å². The van der Waals surface area contributed by atoms with E-state index < -0.39 is 0 Å². The van der Waals surface area contributed by atoms with Gasteiger partial charge in [0.25, 0.3) is 0 Å². The van der Waals surface area contributed by atoms with E-state index in [1.807, 2.05) is 24.6 Å². The highest BCUT2D eigenvalue weighted by atomic mass is 19.1. The quantitative estimate of drug-likeness (QED) is 0.866. The van der Waals surface area contributed by atoms with Crippen molar-refractivity contribution >= 4 is 0 Å². The van der Waals surface area contributed by atoms with E-state index >= 15 is 0 Å². The zero-order valence-electron chi connectivity index (χ0n) is 14.2. The zero-order chi connectivity index (χ0) is 17.1. The van der Waals surface area contributed by atoms with Gasteiger partial charge in [0.2, 0.25) is 0 Å². The van der Waals surface area contributed by atoms with Gasteiger partial charge in [-0.15, -0.1) is 0 Å². The number of likely N-dealkylation sites (tertiary alicyclic amines) is 1. The molecule has 0 unspecified atom stereocenters. The Labute approximate surface area is 141 Å². The van der Waals surface area contributed by atoms with E-state index in [1.54, 1.807) is 12.1 Å². The molecule has 1 aliphatic rings. The fraction of sp³-hybridized carbons (Fsp3) is 0.500. The van der Waals surface area contributed by atoms with Crippen LogP contribution < -0.4 is 0 Å². The highest BCUT2D eigenvalue weighted by Crippen LogP contribution is 2.21. The van der Waals surface area contributed by atoms with Crippen LogP contribution in [0.5, 0.6) is 0 Å². The van der Waals surface area contributed by atoms with Crippen LogP contribution in [0.2, 0.25) is 0 Å². The smallest absolute Gasteiger partial charge is 0.147 e. The summed E-state index contributed by atoms with van der Waals surface area (Å²) < 4.78 is 16.1. The van der Waals surface area contributed by atoms with Gasteiger partial charge in [0.05, 0.1) is 11.6 Å². The van der Waals surface area contributed by atoms with Gasteiger partial charge in [-0.05, 0) is 51.3 Å². The van der Waals surface area contributed by atoms with E-state index in [2.05, 4.69) is 15.0 Å². The van der Waals surface area contributed by atoms with E-state index in [4.69, 9.17) is 5.26 Å². The summed E-state index contributed by atoms with van der Waals surface area (Å²) in [6, 6.07) is 6.70. The van der Waals surface area contributed by atoms with Crippen molar-refractivity contribution in [3.8, 4) is 6.07 Å². The predicted molar refractivity (Wildman–Crippen MR) is 88.6 cm³/mol. The maximum atomic E-state index is 14.1. The fourth-order valence-electron chi connectivity index (χ4n) is 3.41. The summed E-state index contributed by atoms with van der Waals surface area (Å²) in [5.74, 6) is 1.96. The Bertz CT molecular complexity index is 761. The molecule has 0 N–H and O–H groups in total. The first-order valence-electron chi connectivity index (χ1n) is 8.34. The first kappa shape index (κ1) is 16.6. The van der Waals surface area contributed by atoms with Crippen LogP contribution in [0.1, 0.15) is 35.6 Å². The van der Waals surface area contributed by atoms with Crippen molar-refractivity contribution in [2.24, 2.45) is 5.92 Å². The first-order chi connectivity index (χ1) is 11.5. The maximum absolute atomic E-state index is 14.1. The van der Waals surface area contributed by atoms with Gasteiger partial charge in [-0.2, -0.15) is 10.4 Å². The number of rotatable bonds is 4. The van der Waals surface area contributed by atoms with E-state index in [0.29, 0.717) is 23.6 Å². The number of halogens is 1. The molecule has 3 rings (SSSR count). The molecule has 1 aromatic carbocycles. The van der Waals surface area contributed by atoms with Gasteiger partial charge in [0.15, 0.2) is 0 Å². The number of hydrogen-bond donors (Lipinski definition) is 0. The molecule has 0 saturated carbocycles. The molecule has 0 radical (unpaired) electrons. The standard InChI is InChI=1S/C18H22FN5/c1-13-21-14(2)24(22-13)11-16-4-3-7-23(10-16)12-17-6-5-15(9-20)8-18(17)19/h5-6,8,16H,3-4,7,10-12H2,1-2H3/t16-/m0/s1. The van der Waals surface area contributed by atoms with Gasteiger partial charge in [-0.1, -0.05) is 6.07 Å². The fourth-order valence-corrected chi connectivity index (χ4v) is 3.41. The van der Waals surface area contributed by atoms with Gasteiger partial charge >= 0.3 is 0 Å². The number of piperidine rings is 1. The molecular formula is C18H22FN5. The first-order valence-corrected chi connectivity index (χ1v) is 8.34. The number of benzene rings is 1. The molecule has 0 bridgehead atoms. The lowest BCUT2D eigenvalue weighted by molar-refractivity contribution is 0.151. The molecule has 1 aliphatic heterocycles. The largest absolute Gasteiger partial charge is 0.299 e. The second-order valence-electron chi connectivity index (χ2n) is 6.55. The minimum Gasteiger partial charge on any atom is -0.299 e. The normalized spacial score (nSPS) is 18.5. The van der Waals surface area contributed by atoms with Crippen molar-refractivity contribution < 1.29 is 4.39 Å². The minimum absolute atomic E-state index is 0.293. The van der Waals surface area contributed by atoms with E-state index in [1.165, 1.54) is 6.07 Å². The van der Waals surface area contributed by atoms with Crippen LogP contribution in [0.25, 0.3) is 0 Å². The van der Waals surface area contributed by atoms with Crippen molar-refractivity contribution in [2.45, 2.75) is 39.8 Å². The van der Waals surface area contributed by atoms with Crippen LogP contribution in [0.15, 0.2) is 18.2 Å². The highest BCUT2D eigenvalue weighted by Gasteiger charge is 2.22. The lowest BCUT2D eigenvalue weighted by Crippen LogP contribution is -2.37. The Balaban J connectivity index is 1.63. The highest BCUT2D eigenvalue weighted by molar-refractivity contribution is 5.32. The third-order valence-corrected chi connectivity index (χ3v) is 4.57. The van der Waals surface area contributed by atoms with Crippen molar-refractivity contribution in [1.82, 2.24) is 19.7 Å². The molecule has 0 spiro atoms. The van der Waals surface area contributed by atoms with Crippen LogP contribution >= 0.6 is 0 Å². The van der Waals surface area contributed by atoms with Crippen LogP contribution in [0.3, 0.4) is 0 Å². The predicted octanol–water partition coefficient (Wildman–Crippen LogP) is 2.82. The number of aryl methyl sites for hydroxylation is 2. The van der Waals surface area contributed by atoms with Crippen LogP contribution in [0.4, 0.5) is 4.39 Å². The maximum Gasteiger partial charge on any atom is 0.147 e. The molecular weight excluding hydrogens is 305 g/mol. The van der Waals surface area contributed by atoms with Crippen molar-refractivity contribution in [1.29, 1.82) is 5.26 Å². The monoisotopic (exact) mass is 327 g/mol. The summed E-state index contributed by atoms with van der Waals surface area (Å²) in [5.41, 5.74) is 1.02. The van der Waals surface area contributed by atoms with Gasteiger partial charge in [-0.3, -0.25) is 4.90 Å². The van der Waals surface area contributed by atoms with Crippen LogP contribution in [-0.4, -0.2) is 32.8 Å². The molecule has 0 aliphatic carbocycles. The topological polar surface area (TPSA) is 57.7 Å². The second-order valence-corrected chi connectivity index (χ2v) is 6.55. The summed E-state index contributed by atoms with van der Waals surface area (Å²) in [6.45, 7) is 7.24. The number of nitriles is 1. The summed E-state index contributed by atoms with van der Waals surface area (Å²) in [4.78, 5) is 6.64. The number of aromatic nitrogens is 3. The Morgan fingerprint density at radius 1 is 1.38 bits per heavy atom. The van der Waals surface area contributed by atoms with Crippen molar-refractivity contribution in [2.75, 3.05) is 13.1 Å². The molecule has 1 atom stereocenters. The van der Waals surface area contributed by atoms with Gasteiger partial charge in [0, 0.05) is 25.2 Å². The van der Waals surface area contributed by atoms with Crippen molar-refractivity contribution in [3.05, 3.63) is 46.8 Å².